The van der Waals surface area contributed by atoms with E-state index < -0.39 is 0 Å². The second-order valence-corrected chi connectivity index (χ2v) is 4.65. The number of hydrogen-bond donors (Lipinski definition) is 1. The molecule has 0 fully saturated rings. The maximum Gasteiger partial charge on any atom is 0.252 e. The summed E-state index contributed by atoms with van der Waals surface area (Å²) in [6.45, 7) is 4.70. The van der Waals surface area contributed by atoms with E-state index >= 15 is 0 Å². The lowest BCUT2D eigenvalue weighted by Gasteiger charge is -2.08. The average Bonchev–Trinajstić information content (AvgIpc) is 2.34. The number of rotatable bonds is 6. The highest BCUT2D eigenvalue weighted by molar-refractivity contribution is 6.18. The van der Waals surface area contributed by atoms with Crippen LogP contribution in [0, 0.1) is 12.8 Å². The summed E-state index contributed by atoms with van der Waals surface area (Å²) in [5.74, 6) is 1.13. The first-order valence-corrected chi connectivity index (χ1v) is 6.43. The van der Waals surface area contributed by atoms with Crippen LogP contribution in [0.2, 0.25) is 0 Å². The Balaban J connectivity index is 2.28. The van der Waals surface area contributed by atoms with E-state index in [1.54, 1.807) is 12.3 Å². The average molecular weight is 255 g/mol. The topological polar surface area (TPSA) is 42.0 Å². The van der Waals surface area contributed by atoms with Gasteiger partial charge in [-0.15, -0.1) is 11.6 Å². The molecule has 1 atom stereocenters. The minimum absolute atomic E-state index is 0.0592. The molecule has 1 unspecified atom stereocenters. The van der Waals surface area contributed by atoms with Gasteiger partial charge in [-0.1, -0.05) is 6.92 Å². The van der Waals surface area contributed by atoms with Crippen LogP contribution >= 0.6 is 11.6 Å². The summed E-state index contributed by atoms with van der Waals surface area (Å²) in [4.78, 5) is 15.8. The molecule has 1 N–H and O–H groups in total. The first kappa shape index (κ1) is 14.0. The van der Waals surface area contributed by atoms with E-state index in [4.69, 9.17) is 11.6 Å². The number of pyridine rings is 1. The van der Waals surface area contributed by atoms with Crippen LogP contribution in [0.4, 0.5) is 0 Å². The smallest absolute Gasteiger partial charge is 0.252 e. The van der Waals surface area contributed by atoms with Crippen LogP contribution in [0.15, 0.2) is 18.3 Å². The quantitative estimate of drug-likeness (QED) is 0.627. The molecule has 0 aromatic carbocycles. The number of aryl methyl sites for hydroxylation is 1. The number of alkyl halides is 1. The molecule has 4 heteroatoms. The Morgan fingerprint density at radius 1 is 1.53 bits per heavy atom. The molecular weight excluding hydrogens is 236 g/mol. The highest BCUT2D eigenvalue weighted by Crippen LogP contribution is 2.06. The van der Waals surface area contributed by atoms with Gasteiger partial charge in [0.05, 0.1) is 5.56 Å². The fraction of sp³-hybridized carbons (Fsp3) is 0.538. The fourth-order valence-electron chi connectivity index (χ4n) is 1.43. The van der Waals surface area contributed by atoms with Crippen molar-refractivity contribution in [1.82, 2.24) is 10.3 Å². The van der Waals surface area contributed by atoms with Gasteiger partial charge in [0.15, 0.2) is 0 Å². The number of carbonyl (C=O) groups excluding carboxylic acids is 1. The summed E-state index contributed by atoms with van der Waals surface area (Å²) in [6.07, 6.45) is 3.60. The molecule has 1 aromatic rings. The van der Waals surface area contributed by atoms with Crippen molar-refractivity contribution in [2.24, 2.45) is 5.92 Å². The monoisotopic (exact) mass is 254 g/mol. The second kappa shape index (κ2) is 7.28. The molecule has 1 heterocycles. The van der Waals surface area contributed by atoms with Gasteiger partial charge in [0.1, 0.15) is 0 Å². The molecule has 1 aromatic heterocycles. The predicted octanol–water partition coefficient (Wildman–Crippen LogP) is 2.77. The molecule has 0 aliphatic carbocycles. The second-order valence-electron chi connectivity index (χ2n) is 4.35. The van der Waals surface area contributed by atoms with Gasteiger partial charge in [-0.25, -0.2) is 0 Å². The van der Waals surface area contributed by atoms with Gasteiger partial charge in [0.25, 0.3) is 5.91 Å². The summed E-state index contributed by atoms with van der Waals surface area (Å²) >= 11 is 5.71. The Labute approximate surface area is 108 Å². The number of hydrogen-bond acceptors (Lipinski definition) is 2. The van der Waals surface area contributed by atoms with Crippen LogP contribution in [0.25, 0.3) is 0 Å². The molecule has 0 bridgehead atoms. The third kappa shape index (κ3) is 5.18. The predicted molar refractivity (Wildman–Crippen MR) is 70.4 cm³/mol. The maximum atomic E-state index is 11.7. The zero-order chi connectivity index (χ0) is 12.7. The van der Waals surface area contributed by atoms with Gasteiger partial charge in [0, 0.05) is 24.3 Å². The molecule has 0 radical (unpaired) electrons. The number of carbonyl (C=O) groups is 1. The minimum atomic E-state index is -0.0592. The Morgan fingerprint density at radius 3 is 2.88 bits per heavy atom. The molecule has 94 valence electrons. The molecular formula is C13H19ClN2O. The van der Waals surface area contributed by atoms with Crippen molar-refractivity contribution in [3.63, 3.8) is 0 Å². The van der Waals surface area contributed by atoms with E-state index in [2.05, 4.69) is 17.2 Å². The number of aromatic nitrogens is 1. The van der Waals surface area contributed by atoms with Gasteiger partial charge >= 0.3 is 0 Å². The van der Waals surface area contributed by atoms with E-state index in [0.717, 1.165) is 18.5 Å². The first-order chi connectivity index (χ1) is 8.13. The molecule has 0 spiro atoms. The van der Waals surface area contributed by atoms with Crippen molar-refractivity contribution >= 4 is 17.5 Å². The lowest BCUT2D eigenvalue weighted by molar-refractivity contribution is 0.0952. The van der Waals surface area contributed by atoms with Crippen molar-refractivity contribution in [3.8, 4) is 0 Å². The highest BCUT2D eigenvalue weighted by Gasteiger charge is 2.05. The summed E-state index contributed by atoms with van der Waals surface area (Å²) in [5, 5.41) is 2.88. The molecule has 1 amide bonds. The van der Waals surface area contributed by atoms with E-state index in [-0.39, 0.29) is 5.91 Å². The lowest BCUT2D eigenvalue weighted by Crippen LogP contribution is -2.24. The maximum absolute atomic E-state index is 11.7. The first-order valence-electron chi connectivity index (χ1n) is 5.90. The summed E-state index contributed by atoms with van der Waals surface area (Å²) < 4.78 is 0. The summed E-state index contributed by atoms with van der Waals surface area (Å²) in [5.41, 5.74) is 1.53. The van der Waals surface area contributed by atoms with E-state index in [1.807, 2.05) is 13.0 Å². The van der Waals surface area contributed by atoms with E-state index in [9.17, 15) is 4.79 Å². The Hall–Kier alpha value is -1.09. The van der Waals surface area contributed by atoms with Gasteiger partial charge < -0.3 is 5.32 Å². The summed E-state index contributed by atoms with van der Waals surface area (Å²) in [7, 11) is 0. The van der Waals surface area contributed by atoms with Gasteiger partial charge in [-0.3, -0.25) is 9.78 Å². The zero-order valence-electron chi connectivity index (χ0n) is 10.4. The third-order valence-electron chi connectivity index (χ3n) is 2.60. The number of halogens is 1. The van der Waals surface area contributed by atoms with Crippen molar-refractivity contribution in [1.29, 1.82) is 0 Å². The normalized spacial score (nSPS) is 12.2. The van der Waals surface area contributed by atoms with Gasteiger partial charge in [0.2, 0.25) is 0 Å². The van der Waals surface area contributed by atoms with Crippen LogP contribution in [0.5, 0.6) is 0 Å². The number of nitrogens with zero attached hydrogens (tertiary/aromatic N) is 1. The minimum Gasteiger partial charge on any atom is -0.352 e. The molecule has 17 heavy (non-hydrogen) atoms. The van der Waals surface area contributed by atoms with Crippen molar-refractivity contribution in [2.75, 3.05) is 12.4 Å². The molecule has 3 nitrogen and oxygen atoms in total. The lowest BCUT2D eigenvalue weighted by atomic mass is 10.1. The van der Waals surface area contributed by atoms with Crippen LogP contribution in [0.3, 0.4) is 0 Å². The largest absolute Gasteiger partial charge is 0.352 e. The van der Waals surface area contributed by atoms with Crippen molar-refractivity contribution < 1.29 is 4.79 Å². The van der Waals surface area contributed by atoms with Crippen molar-refractivity contribution in [2.45, 2.75) is 26.7 Å². The summed E-state index contributed by atoms with van der Waals surface area (Å²) in [6, 6.07) is 3.63. The number of nitrogens with one attached hydrogen (secondary N) is 1. The van der Waals surface area contributed by atoms with Crippen molar-refractivity contribution in [3.05, 3.63) is 29.6 Å². The molecule has 0 aliphatic heterocycles. The highest BCUT2D eigenvalue weighted by atomic mass is 35.5. The van der Waals surface area contributed by atoms with Crippen LogP contribution < -0.4 is 5.32 Å². The molecule has 0 aliphatic rings. The van der Waals surface area contributed by atoms with Crippen LogP contribution in [-0.2, 0) is 0 Å². The SMILES string of the molecule is Cc1ccc(C(=O)NCCCC(C)CCl)cn1. The van der Waals surface area contributed by atoms with Crippen LogP contribution in [-0.4, -0.2) is 23.3 Å². The standard InChI is InChI=1S/C13H19ClN2O/c1-10(8-14)4-3-7-15-13(17)12-6-5-11(2)16-9-12/h5-6,9-10H,3-4,7-8H2,1-2H3,(H,15,17). The fourth-order valence-corrected chi connectivity index (χ4v) is 1.59. The Kier molecular flexibility index (Phi) is 5.98. The molecule has 0 saturated carbocycles. The van der Waals surface area contributed by atoms with Gasteiger partial charge in [-0.2, -0.15) is 0 Å². The van der Waals surface area contributed by atoms with Crippen LogP contribution in [0.1, 0.15) is 35.8 Å². The molecule has 1 rings (SSSR count). The molecule has 0 saturated heterocycles. The van der Waals surface area contributed by atoms with E-state index in [1.165, 1.54) is 0 Å². The van der Waals surface area contributed by atoms with Gasteiger partial charge in [-0.05, 0) is 37.8 Å². The zero-order valence-corrected chi connectivity index (χ0v) is 11.1. The Morgan fingerprint density at radius 2 is 2.29 bits per heavy atom. The third-order valence-corrected chi connectivity index (χ3v) is 3.12. The Bertz CT molecular complexity index is 351. The number of amides is 1. The van der Waals surface area contributed by atoms with E-state index in [0.29, 0.717) is 23.9 Å².